The number of rotatable bonds is 11. The Morgan fingerprint density at radius 3 is 2.57 bits per heavy atom. The molecule has 9 nitrogen and oxygen atoms in total. The quantitative estimate of drug-likeness (QED) is 0.0930. The zero-order valence-corrected chi connectivity index (χ0v) is 27.1. The van der Waals surface area contributed by atoms with Crippen molar-refractivity contribution in [3.8, 4) is 0 Å². The van der Waals surface area contributed by atoms with E-state index in [9.17, 15) is 19.2 Å². The lowest BCUT2D eigenvalue weighted by Gasteiger charge is -2.14. The standard InChI is InChI=1S/C35H34N4O5S2/c1-3-44-35(43)30-27-16-7-8-17-29(27)46-34(30)39-31(40)22(2)45-26-15-9-14-25(20-26)37-33(42)28(19-23-11-10-18-36-21-23)38-32(41)24-12-5-4-6-13-24/h4-6,9-15,18-22H,3,7-8,16-17H2,1-2H3,(H,37,42)(H,38,41)(H,39,40)/b28-19-. The molecule has 0 saturated heterocycles. The summed E-state index contributed by atoms with van der Waals surface area (Å²) in [6.45, 7) is 3.82. The third kappa shape index (κ3) is 8.29. The Labute approximate surface area is 275 Å². The Kier molecular flexibility index (Phi) is 11.0. The summed E-state index contributed by atoms with van der Waals surface area (Å²) < 4.78 is 5.32. The van der Waals surface area contributed by atoms with Crippen LogP contribution in [0.1, 0.15) is 63.4 Å². The number of fused-ring (bicyclic) bond motifs is 1. The second-order valence-electron chi connectivity index (χ2n) is 10.5. The first kappa shape index (κ1) is 32.6. The highest BCUT2D eigenvalue weighted by Gasteiger charge is 2.28. The molecular weight excluding hydrogens is 621 g/mol. The van der Waals surface area contributed by atoms with Gasteiger partial charge in [0.25, 0.3) is 11.8 Å². The second kappa shape index (κ2) is 15.5. The van der Waals surface area contributed by atoms with Gasteiger partial charge in [0.2, 0.25) is 5.91 Å². The van der Waals surface area contributed by atoms with Gasteiger partial charge in [0.1, 0.15) is 10.7 Å². The van der Waals surface area contributed by atoms with Gasteiger partial charge in [0, 0.05) is 33.4 Å². The minimum atomic E-state index is -0.519. The Morgan fingerprint density at radius 1 is 1.00 bits per heavy atom. The normalized spacial score (nSPS) is 13.2. The van der Waals surface area contributed by atoms with Gasteiger partial charge in [-0.15, -0.1) is 23.1 Å². The highest BCUT2D eigenvalue weighted by atomic mass is 32.2. The first-order valence-electron chi connectivity index (χ1n) is 15.0. The molecule has 0 fully saturated rings. The number of hydrogen-bond acceptors (Lipinski definition) is 8. The number of thiophene rings is 1. The molecule has 1 unspecified atom stereocenters. The fraction of sp³-hybridized carbons (Fsp3) is 0.229. The summed E-state index contributed by atoms with van der Waals surface area (Å²) in [5.41, 5.74) is 3.06. The van der Waals surface area contributed by atoms with E-state index in [-0.39, 0.29) is 18.2 Å². The van der Waals surface area contributed by atoms with Crippen LogP contribution in [-0.4, -0.2) is 40.5 Å². The van der Waals surface area contributed by atoms with Crippen LogP contribution in [-0.2, 0) is 27.2 Å². The summed E-state index contributed by atoms with van der Waals surface area (Å²) >= 11 is 2.78. The predicted octanol–water partition coefficient (Wildman–Crippen LogP) is 6.73. The maximum Gasteiger partial charge on any atom is 0.341 e. The molecule has 1 aliphatic rings. The number of pyridine rings is 1. The van der Waals surface area contributed by atoms with Crippen molar-refractivity contribution in [1.82, 2.24) is 10.3 Å². The van der Waals surface area contributed by atoms with Gasteiger partial charge in [0.05, 0.1) is 17.4 Å². The summed E-state index contributed by atoms with van der Waals surface area (Å²) in [5, 5.41) is 8.58. The summed E-state index contributed by atoms with van der Waals surface area (Å²) in [6.07, 6.45) is 8.52. The lowest BCUT2D eigenvalue weighted by molar-refractivity contribution is -0.115. The van der Waals surface area contributed by atoms with Gasteiger partial charge in [-0.1, -0.05) is 30.3 Å². The number of thioether (sulfide) groups is 1. The van der Waals surface area contributed by atoms with Crippen molar-refractivity contribution in [2.75, 3.05) is 17.2 Å². The molecule has 0 spiro atoms. The Balaban J connectivity index is 1.28. The fourth-order valence-corrected chi connectivity index (χ4v) is 7.17. The smallest absolute Gasteiger partial charge is 0.341 e. The third-order valence-corrected chi connectivity index (χ3v) is 9.49. The molecule has 2 aromatic heterocycles. The number of hydrogen-bond donors (Lipinski definition) is 3. The SMILES string of the molecule is CCOC(=O)c1c(NC(=O)C(C)Sc2cccc(NC(=O)/C(=C/c3cccnc3)NC(=O)c3ccccc3)c2)sc2c1CCCC2. The lowest BCUT2D eigenvalue weighted by Crippen LogP contribution is -2.30. The first-order valence-corrected chi connectivity index (χ1v) is 16.7. The van der Waals surface area contributed by atoms with E-state index in [0.717, 1.165) is 41.0 Å². The van der Waals surface area contributed by atoms with Crippen molar-refractivity contribution in [2.45, 2.75) is 49.7 Å². The van der Waals surface area contributed by atoms with Crippen LogP contribution in [0.15, 0.2) is 89.7 Å². The summed E-state index contributed by atoms with van der Waals surface area (Å²) in [4.78, 5) is 58.4. The minimum Gasteiger partial charge on any atom is -0.462 e. The molecule has 3 N–H and O–H groups in total. The van der Waals surface area contributed by atoms with Crippen LogP contribution < -0.4 is 16.0 Å². The van der Waals surface area contributed by atoms with Crippen molar-refractivity contribution in [3.05, 3.63) is 112 Å². The van der Waals surface area contributed by atoms with E-state index >= 15 is 0 Å². The number of ether oxygens (including phenoxy) is 1. The fourth-order valence-electron chi connectivity index (χ4n) is 4.96. The molecule has 46 heavy (non-hydrogen) atoms. The van der Waals surface area contributed by atoms with E-state index in [1.807, 2.05) is 6.07 Å². The molecule has 1 atom stereocenters. The number of esters is 1. The van der Waals surface area contributed by atoms with E-state index in [2.05, 4.69) is 20.9 Å². The number of carbonyl (C=O) groups is 4. The van der Waals surface area contributed by atoms with E-state index in [4.69, 9.17) is 4.74 Å². The van der Waals surface area contributed by atoms with Crippen molar-refractivity contribution in [3.63, 3.8) is 0 Å². The average molecular weight is 655 g/mol. The van der Waals surface area contributed by atoms with Crippen LogP contribution in [0.2, 0.25) is 0 Å². The zero-order valence-electron chi connectivity index (χ0n) is 25.5. The largest absolute Gasteiger partial charge is 0.462 e. The number of nitrogens with one attached hydrogen (secondary N) is 3. The summed E-state index contributed by atoms with van der Waals surface area (Å²) in [6, 6.07) is 19.3. The van der Waals surface area contributed by atoms with Gasteiger partial charge >= 0.3 is 5.97 Å². The maximum atomic E-state index is 13.4. The molecule has 1 aliphatic carbocycles. The molecule has 236 valence electrons. The molecule has 4 aromatic rings. The molecule has 2 heterocycles. The van der Waals surface area contributed by atoms with Crippen LogP contribution >= 0.6 is 23.1 Å². The Morgan fingerprint density at radius 2 is 1.80 bits per heavy atom. The van der Waals surface area contributed by atoms with E-state index in [0.29, 0.717) is 27.4 Å². The number of nitrogens with zero attached hydrogens (tertiary/aromatic N) is 1. The Bertz CT molecular complexity index is 1760. The van der Waals surface area contributed by atoms with Gasteiger partial charge in [-0.2, -0.15) is 0 Å². The van der Waals surface area contributed by atoms with Gasteiger partial charge in [-0.05, 0) is 93.1 Å². The second-order valence-corrected chi connectivity index (χ2v) is 13.1. The number of amides is 3. The number of anilines is 2. The molecule has 5 rings (SSSR count). The van der Waals surface area contributed by atoms with Crippen LogP contribution in [0.4, 0.5) is 10.7 Å². The van der Waals surface area contributed by atoms with E-state index in [1.54, 1.807) is 93.0 Å². The third-order valence-electron chi connectivity index (χ3n) is 7.19. The molecule has 2 aromatic carbocycles. The highest BCUT2D eigenvalue weighted by molar-refractivity contribution is 8.00. The van der Waals surface area contributed by atoms with Crippen molar-refractivity contribution in [2.24, 2.45) is 0 Å². The number of aromatic nitrogens is 1. The van der Waals surface area contributed by atoms with E-state index < -0.39 is 23.0 Å². The summed E-state index contributed by atoms with van der Waals surface area (Å²) in [7, 11) is 0. The molecule has 0 saturated carbocycles. The van der Waals surface area contributed by atoms with Gasteiger partial charge < -0.3 is 20.7 Å². The monoisotopic (exact) mass is 654 g/mol. The molecule has 0 bridgehead atoms. The minimum absolute atomic E-state index is 0.0451. The van der Waals surface area contributed by atoms with Gasteiger partial charge in [-0.25, -0.2) is 4.79 Å². The van der Waals surface area contributed by atoms with Crippen molar-refractivity contribution < 1.29 is 23.9 Å². The topological polar surface area (TPSA) is 126 Å². The molecule has 0 aliphatic heterocycles. The van der Waals surface area contributed by atoms with Gasteiger partial charge in [-0.3, -0.25) is 19.4 Å². The molecule has 0 radical (unpaired) electrons. The van der Waals surface area contributed by atoms with Crippen LogP contribution in [0, 0.1) is 0 Å². The molecule has 11 heteroatoms. The van der Waals surface area contributed by atoms with Crippen LogP contribution in [0.5, 0.6) is 0 Å². The average Bonchev–Trinajstić information content (AvgIpc) is 3.43. The summed E-state index contributed by atoms with van der Waals surface area (Å²) in [5.74, 6) is -1.59. The van der Waals surface area contributed by atoms with Crippen molar-refractivity contribution >= 4 is 63.6 Å². The van der Waals surface area contributed by atoms with Crippen LogP contribution in [0.25, 0.3) is 6.08 Å². The molecular formula is C35H34N4O5S2. The maximum absolute atomic E-state index is 13.4. The number of benzene rings is 2. The first-order chi connectivity index (χ1) is 22.3. The number of aryl methyl sites for hydroxylation is 1. The van der Waals surface area contributed by atoms with Crippen LogP contribution in [0.3, 0.4) is 0 Å². The van der Waals surface area contributed by atoms with Crippen molar-refractivity contribution in [1.29, 1.82) is 0 Å². The molecule has 3 amide bonds. The highest BCUT2D eigenvalue weighted by Crippen LogP contribution is 2.39. The Hall–Kier alpha value is -4.74. The number of carbonyl (C=O) groups excluding carboxylic acids is 4. The lowest BCUT2D eigenvalue weighted by atomic mass is 9.95. The van der Waals surface area contributed by atoms with Gasteiger partial charge in [0.15, 0.2) is 0 Å². The van der Waals surface area contributed by atoms with E-state index in [1.165, 1.54) is 23.1 Å². The predicted molar refractivity (Wildman–Crippen MR) is 182 cm³/mol. The zero-order chi connectivity index (χ0) is 32.5.